The molecular weight excluding hydrogens is 198 g/mol. The molecule has 0 bridgehead atoms. The van der Waals surface area contributed by atoms with Crippen molar-refractivity contribution in [2.45, 2.75) is 25.8 Å². The van der Waals surface area contributed by atoms with Crippen molar-refractivity contribution in [2.24, 2.45) is 10.7 Å². The van der Waals surface area contributed by atoms with E-state index >= 15 is 0 Å². The Kier molecular flexibility index (Phi) is 6.11. The first kappa shape index (κ1) is 12.6. The maximum atomic E-state index is 5.44. The Morgan fingerprint density at radius 3 is 2.88 bits per heavy atom. The molecule has 1 unspecified atom stereocenters. The van der Waals surface area contributed by atoms with Gasteiger partial charge in [0, 0.05) is 24.7 Å². The molecule has 1 atom stereocenters. The molecule has 0 radical (unpaired) electrons. The van der Waals surface area contributed by atoms with E-state index in [1.807, 2.05) is 30.5 Å². The molecule has 16 heavy (non-hydrogen) atoms. The molecule has 0 aliphatic heterocycles. The summed E-state index contributed by atoms with van der Waals surface area (Å²) in [7, 11) is 0. The first-order chi connectivity index (χ1) is 7.83. The van der Waals surface area contributed by atoms with Gasteiger partial charge in [-0.2, -0.15) is 0 Å². The zero-order chi connectivity index (χ0) is 11.6. The lowest BCUT2D eigenvalue weighted by Gasteiger charge is -2.02. The molecule has 0 saturated carbocycles. The van der Waals surface area contributed by atoms with E-state index in [-0.39, 0.29) is 0 Å². The minimum atomic E-state index is 0.352. The van der Waals surface area contributed by atoms with Crippen molar-refractivity contribution in [3.05, 3.63) is 36.2 Å². The fourth-order valence-electron chi connectivity index (χ4n) is 1.31. The summed E-state index contributed by atoms with van der Waals surface area (Å²) in [5.74, 6) is 0. The van der Waals surface area contributed by atoms with E-state index in [2.05, 4.69) is 16.9 Å². The molecule has 2 N–H and O–H groups in total. The SMILES string of the molecule is CC(CCCN)N=C/C=C/c1ccncc1. The van der Waals surface area contributed by atoms with Crippen LogP contribution in [0, 0.1) is 0 Å². The van der Waals surface area contributed by atoms with Gasteiger partial charge in [-0.1, -0.05) is 6.08 Å². The summed E-state index contributed by atoms with van der Waals surface area (Å²) in [6.45, 7) is 2.85. The van der Waals surface area contributed by atoms with E-state index in [9.17, 15) is 0 Å². The lowest BCUT2D eigenvalue weighted by molar-refractivity contribution is 0.635. The van der Waals surface area contributed by atoms with Gasteiger partial charge in [0.2, 0.25) is 0 Å². The largest absolute Gasteiger partial charge is 0.330 e. The number of aliphatic imine (C=N–C) groups is 1. The van der Waals surface area contributed by atoms with Crippen LogP contribution in [0.25, 0.3) is 6.08 Å². The van der Waals surface area contributed by atoms with Gasteiger partial charge in [-0.15, -0.1) is 0 Å². The summed E-state index contributed by atoms with van der Waals surface area (Å²) < 4.78 is 0. The highest BCUT2D eigenvalue weighted by atomic mass is 14.7. The monoisotopic (exact) mass is 217 g/mol. The van der Waals surface area contributed by atoms with Crippen molar-refractivity contribution >= 4 is 12.3 Å². The number of nitrogens with two attached hydrogens (primary N) is 1. The highest BCUT2D eigenvalue weighted by Crippen LogP contribution is 2.00. The molecule has 3 nitrogen and oxygen atoms in total. The van der Waals surface area contributed by atoms with Crippen molar-refractivity contribution in [2.75, 3.05) is 6.54 Å². The Balaban J connectivity index is 2.33. The van der Waals surface area contributed by atoms with Crippen LogP contribution in [0.3, 0.4) is 0 Å². The zero-order valence-corrected chi connectivity index (χ0v) is 9.71. The molecule has 0 aromatic carbocycles. The molecule has 0 fully saturated rings. The molecule has 86 valence electrons. The summed E-state index contributed by atoms with van der Waals surface area (Å²) in [6.07, 6.45) is 11.5. The van der Waals surface area contributed by atoms with Gasteiger partial charge in [0.1, 0.15) is 0 Å². The average molecular weight is 217 g/mol. The topological polar surface area (TPSA) is 51.3 Å². The van der Waals surface area contributed by atoms with Crippen molar-refractivity contribution in [3.8, 4) is 0 Å². The Bertz CT molecular complexity index is 330. The average Bonchev–Trinajstić information content (AvgIpc) is 2.33. The molecule has 0 aliphatic carbocycles. The van der Waals surface area contributed by atoms with E-state index in [1.165, 1.54) is 0 Å². The standard InChI is InChI=1S/C13H19N3/c1-12(4-2-8-14)16-9-3-5-13-6-10-15-11-7-13/h3,5-7,9-12H,2,4,8,14H2,1H3/b5-3+,16-9?. The van der Waals surface area contributed by atoms with Crippen LogP contribution in [-0.4, -0.2) is 23.8 Å². The number of pyridine rings is 1. The van der Waals surface area contributed by atoms with Crippen LogP contribution in [0.1, 0.15) is 25.3 Å². The number of hydrogen-bond donors (Lipinski definition) is 1. The van der Waals surface area contributed by atoms with Crippen LogP contribution < -0.4 is 5.73 Å². The summed E-state index contributed by atoms with van der Waals surface area (Å²) in [4.78, 5) is 8.35. The van der Waals surface area contributed by atoms with E-state index in [1.54, 1.807) is 12.4 Å². The van der Waals surface area contributed by atoms with Gasteiger partial charge in [-0.3, -0.25) is 9.98 Å². The van der Waals surface area contributed by atoms with E-state index in [0.717, 1.165) is 24.9 Å². The van der Waals surface area contributed by atoms with Crippen LogP contribution >= 0.6 is 0 Å². The third-order valence-electron chi connectivity index (χ3n) is 2.25. The third-order valence-corrected chi connectivity index (χ3v) is 2.25. The Morgan fingerprint density at radius 2 is 2.19 bits per heavy atom. The van der Waals surface area contributed by atoms with Crippen LogP contribution in [-0.2, 0) is 0 Å². The molecule has 3 heteroatoms. The molecule has 0 aliphatic rings. The number of rotatable bonds is 6. The molecule has 0 amide bonds. The first-order valence-corrected chi connectivity index (χ1v) is 5.63. The fraction of sp³-hybridized carbons (Fsp3) is 0.385. The van der Waals surface area contributed by atoms with Gasteiger partial charge in [0.05, 0.1) is 0 Å². The smallest absolute Gasteiger partial charge is 0.0471 e. The van der Waals surface area contributed by atoms with Crippen LogP contribution in [0.4, 0.5) is 0 Å². The number of allylic oxidation sites excluding steroid dienone is 1. The minimum Gasteiger partial charge on any atom is -0.330 e. The molecule has 1 rings (SSSR count). The number of hydrogen-bond acceptors (Lipinski definition) is 3. The highest BCUT2D eigenvalue weighted by Gasteiger charge is 1.94. The van der Waals surface area contributed by atoms with Crippen LogP contribution in [0.15, 0.2) is 35.6 Å². The van der Waals surface area contributed by atoms with Gasteiger partial charge >= 0.3 is 0 Å². The van der Waals surface area contributed by atoms with E-state index in [0.29, 0.717) is 6.04 Å². The number of nitrogens with zero attached hydrogens (tertiary/aromatic N) is 2. The molecule has 1 aromatic heterocycles. The second kappa shape index (κ2) is 7.77. The summed E-state index contributed by atoms with van der Waals surface area (Å²) in [6, 6.07) is 4.27. The highest BCUT2D eigenvalue weighted by molar-refractivity contribution is 5.78. The quantitative estimate of drug-likeness (QED) is 0.743. The Labute approximate surface area is 97.1 Å². The Morgan fingerprint density at radius 1 is 1.44 bits per heavy atom. The van der Waals surface area contributed by atoms with Crippen molar-refractivity contribution in [3.63, 3.8) is 0 Å². The van der Waals surface area contributed by atoms with Gasteiger partial charge in [0.25, 0.3) is 0 Å². The van der Waals surface area contributed by atoms with Gasteiger partial charge < -0.3 is 5.73 Å². The normalized spacial score (nSPS) is 13.6. The lowest BCUT2D eigenvalue weighted by Crippen LogP contribution is -2.04. The molecule has 1 aromatic rings. The van der Waals surface area contributed by atoms with Gasteiger partial charge in [-0.25, -0.2) is 0 Å². The molecule has 1 heterocycles. The number of aromatic nitrogens is 1. The summed E-state index contributed by atoms with van der Waals surface area (Å²) in [5, 5.41) is 0. The van der Waals surface area contributed by atoms with Crippen molar-refractivity contribution in [1.82, 2.24) is 4.98 Å². The van der Waals surface area contributed by atoms with Gasteiger partial charge in [-0.05, 0) is 50.1 Å². The summed E-state index contributed by atoms with van der Waals surface area (Å²) >= 11 is 0. The minimum absolute atomic E-state index is 0.352. The Hall–Kier alpha value is -1.48. The van der Waals surface area contributed by atoms with E-state index < -0.39 is 0 Å². The zero-order valence-electron chi connectivity index (χ0n) is 9.71. The second-order valence-corrected chi connectivity index (χ2v) is 3.72. The predicted molar refractivity (Wildman–Crippen MR) is 69.5 cm³/mol. The maximum absolute atomic E-state index is 5.44. The first-order valence-electron chi connectivity index (χ1n) is 5.63. The van der Waals surface area contributed by atoms with Crippen molar-refractivity contribution < 1.29 is 0 Å². The third kappa shape index (κ3) is 5.41. The van der Waals surface area contributed by atoms with Crippen molar-refractivity contribution in [1.29, 1.82) is 0 Å². The molecule has 0 saturated heterocycles. The van der Waals surface area contributed by atoms with Crippen LogP contribution in [0.5, 0.6) is 0 Å². The van der Waals surface area contributed by atoms with Crippen LogP contribution in [0.2, 0.25) is 0 Å². The van der Waals surface area contributed by atoms with E-state index in [4.69, 9.17) is 5.73 Å². The predicted octanol–water partition coefficient (Wildman–Crippen LogP) is 2.29. The maximum Gasteiger partial charge on any atom is 0.0471 e. The fourth-order valence-corrected chi connectivity index (χ4v) is 1.31. The lowest BCUT2D eigenvalue weighted by atomic mass is 10.2. The second-order valence-electron chi connectivity index (χ2n) is 3.72. The summed E-state index contributed by atoms with van der Waals surface area (Å²) in [5.41, 5.74) is 6.57. The molecular formula is C13H19N3. The molecule has 0 spiro atoms. The van der Waals surface area contributed by atoms with Gasteiger partial charge in [0.15, 0.2) is 0 Å².